The molecule has 0 aromatic heterocycles. The fraction of sp³-hybridized carbons (Fsp3) is 0.533. The van der Waals surface area contributed by atoms with Gasteiger partial charge in [-0.3, -0.25) is 4.79 Å². The van der Waals surface area contributed by atoms with E-state index >= 15 is 0 Å². The number of hydrogen-bond acceptors (Lipinski definition) is 5. The summed E-state index contributed by atoms with van der Waals surface area (Å²) in [5.41, 5.74) is -0.622. The van der Waals surface area contributed by atoms with Gasteiger partial charge in [-0.2, -0.15) is 0 Å². The molecule has 0 spiro atoms. The van der Waals surface area contributed by atoms with Crippen molar-refractivity contribution >= 4 is 29.1 Å². The zero-order valence-corrected chi connectivity index (χ0v) is 14.3. The van der Waals surface area contributed by atoms with Crippen LogP contribution in [0.5, 0.6) is 0 Å². The lowest BCUT2D eigenvalue weighted by molar-refractivity contribution is -0.129. The van der Waals surface area contributed by atoms with Crippen molar-refractivity contribution in [3.63, 3.8) is 0 Å². The maximum atomic E-state index is 11.6. The Morgan fingerprint density at radius 1 is 1.52 bits per heavy atom. The van der Waals surface area contributed by atoms with Gasteiger partial charge in [0.25, 0.3) is 0 Å². The van der Waals surface area contributed by atoms with Crippen LogP contribution in [0.2, 0.25) is 10.0 Å². The Hall–Kier alpha value is -0.890. The predicted molar refractivity (Wildman–Crippen MR) is 87.9 cm³/mol. The van der Waals surface area contributed by atoms with Crippen LogP contribution in [0, 0.1) is 0 Å². The van der Waals surface area contributed by atoms with Crippen LogP contribution < -0.4 is 10.6 Å². The minimum atomic E-state index is -1.32. The van der Waals surface area contributed by atoms with Gasteiger partial charge in [0, 0.05) is 20.2 Å². The van der Waals surface area contributed by atoms with Crippen LogP contribution >= 0.6 is 23.2 Å². The Kier molecular flexibility index (Phi) is 6.64. The lowest BCUT2D eigenvalue weighted by Crippen LogP contribution is -2.53. The van der Waals surface area contributed by atoms with Gasteiger partial charge in [0.15, 0.2) is 0 Å². The maximum Gasteiger partial charge on any atom is 0.246 e. The van der Waals surface area contributed by atoms with Gasteiger partial charge in [-0.25, -0.2) is 0 Å². The Labute approximate surface area is 145 Å². The van der Waals surface area contributed by atoms with E-state index in [0.29, 0.717) is 28.8 Å². The summed E-state index contributed by atoms with van der Waals surface area (Å²) in [7, 11) is 1.43. The molecule has 0 bridgehead atoms. The molecular weight excluding hydrogens is 343 g/mol. The molecule has 1 aliphatic heterocycles. The number of ether oxygens (including phenoxy) is 2. The molecule has 3 N–H and O–H groups in total. The van der Waals surface area contributed by atoms with Gasteiger partial charge in [0.05, 0.1) is 23.2 Å². The largest absolute Gasteiger partial charge is 0.384 e. The van der Waals surface area contributed by atoms with Gasteiger partial charge in [-0.1, -0.05) is 29.3 Å². The number of carbonyl (C=O) groups is 1. The average Bonchev–Trinajstić information content (AvgIpc) is 2.71. The Balaban J connectivity index is 2.21. The molecular formula is C15H20Cl2N2O4. The summed E-state index contributed by atoms with van der Waals surface area (Å²) >= 11 is 12.0. The Bertz CT molecular complexity index is 558. The van der Waals surface area contributed by atoms with Crippen LogP contribution in [0.1, 0.15) is 11.7 Å². The first-order valence-electron chi connectivity index (χ1n) is 7.21. The lowest BCUT2D eigenvalue weighted by atomic mass is 9.90. The average molecular weight is 363 g/mol. The summed E-state index contributed by atoms with van der Waals surface area (Å²) in [6.07, 6.45) is -0.643. The highest BCUT2D eigenvalue weighted by Gasteiger charge is 2.40. The third-order valence-electron chi connectivity index (χ3n) is 3.60. The fourth-order valence-corrected chi connectivity index (χ4v) is 2.78. The van der Waals surface area contributed by atoms with Gasteiger partial charge in [-0.15, -0.1) is 0 Å². The topological polar surface area (TPSA) is 79.8 Å². The fourth-order valence-electron chi connectivity index (χ4n) is 2.47. The molecule has 0 saturated carbocycles. The quantitative estimate of drug-likeness (QED) is 0.732. The molecule has 8 heteroatoms. The molecule has 1 amide bonds. The van der Waals surface area contributed by atoms with E-state index in [1.165, 1.54) is 7.11 Å². The van der Waals surface area contributed by atoms with Crippen molar-refractivity contribution in [2.45, 2.75) is 11.7 Å². The first kappa shape index (κ1) is 18.4. The van der Waals surface area contributed by atoms with Crippen LogP contribution in [0.15, 0.2) is 18.2 Å². The highest BCUT2D eigenvalue weighted by atomic mass is 35.5. The third-order valence-corrected chi connectivity index (χ3v) is 4.34. The van der Waals surface area contributed by atoms with Gasteiger partial charge in [0.1, 0.15) is 18.3 Å². The van der Waals surface area contributed by atoms with E-state index in [9.17, 15) is 9.90 Å². The SMILES string of the molecule is COCC(=O)NC[C@@]1(O)CNCCO[C@@H]1c1ccc(Cl)c(Cl)c1. The van der Waals surface area contributed by atoms with Crippen LogP contribution in [0.4, 0.5) is 0 Å². The van der Waals surface area contributed by atoms with Crippen LogP contribution in [0.3, 0.4) is 0 Å². The number of methoxy groups -OCH3 is 1. The highest BCUT2D eigenvalue weighted by molar-refractivity contribution is 6.42. The molecule has 2 rings (SSSR count). The van der Waals surface area contributed by atoms with Gasteiger partial charge in [0.2, 0.25) is 5.91 Å². The predicted octanol–water partition coefficient (Wildman–Crippen LogP) is 1.15. The number of nitrogens with one attached hydrogen (secondary N) is 2. The Morgan fingerprint density at radius 2 is 2.30 bits per heavy atom. The molecule has 1 heterocycles. The van der Waals surface area contributed by atoms with Crippen LogP contribution in [-0.4, -0.2) is 56.6 Å². The summed E-state index contributed by atoms with van der Waals surface area (Å²) in [6, 6.07) is 5.08. The van der Waals surface area contributed by atoms with Crippen molar-refractivity contribution in [1.29, 1.82) is 0 Å². The molecule has 0 aliphatic carbocycles. The Morgan fingerprint density at radius 3 is 3.00 bits per heavy atom. The highest BCUT2D eigenvalue weighted by Crippen LogP contribution is 2.34. The summed E-state index contributed by atoms with van der Waals surface area (Å²) in [5, 5.41) is 17.6. The number of rotatable bonds is 5. The molecule has 0 unspecified atom stereocenters. The van der Waals surface area contributed by atoms with E-state index in [2.05, 4.69) is 10.6 Å². The molecule has 1 fully saturated rings. The van der Waals surface area contributed by atoms with E-state index in [4.69, 9.17) is 32.7 Å². The normalized spacial score (nSPS) is 25.0. The second-order valence-electron chi connectivity index (χ2n) is 5.41. The van der Waals surface area contributed by atoms with Gasteiger partial charge < -0.3 is 25.2 Å². The molecule has 2 atom stereocenters. The van der Waals surface area contributed by atoms with E-state index in [1.54, 1.807) is 18.2 Å². The van der Waals surface area contributed by atoms with Crippen LogP contribution in [-0.2, 0) is 14.3 Å². The smallest absolute Gasteiger partial charge is 0.246 e. The second-order valence-corrected chi connectivity index (χ2v) is 6.23. The number of hydrogen-bond donors (Lipinski definition) is 3. The summed E-state index contributed by atoms with van der Waals surface area (Å²) in [4.78, 5) is 11.6. The lowest BCUT2D eigenvalue weighted by Gasteiger charge is -2.34. The molecule has 128 valence electrons. The van der Waals surface area contributed by atoms with E-state index in [-0.39, 0.29) is 25.6 Å². The minimum Gasteiger partial charge on any atom is -0.384 e. The van der Waals surface area contributed by atoms with Crippen LogP contribution in [0.25, 0.3) is 0 Å². The van der Waals surface area contributed by atoms with Crippen molar-refractivity contribution in [3.8, 4) is 0 Å². The zero-order valence-electron chi connectivity index (χ0n) is 12.8. The summed E-state index contributed by atoms with van der Waals surface area (Å²) in [5.74, 6) is -0.307. The van der Waals surface area contributed by atoms with E-state index in [0.717, 1.165) is 0 Å². The van der Waals surface area contributed by atoms with E-state index in [1.807, 2.05) is 0 Å². The standard InChI is InChI=1S/C15H20Cl2N2O4/c1-22-7-13(20)19-9-15(21)8-18-4-5-23-14(15)10-2-3-11(16)12(17)6-10/h2-3,6,14,18,21H,4-5,7-9H2,1H3,(H,19,20)/t14-,15+/m1/s1. The molecule has 6 nitrogen and oxygen atoms in total. The van der Waals surface area contributed by atoms with Gasteiger partial charge in [-0.05, 0) is 17.7 Å². The first-order chi connectivity index (χ1) is 11.0. The summed E-state index contributed by atoms with van der Waals surface area (Å²) in [6.45, 7) is 1.26. The summed E-state index contributed by atoms with van der Waals surface area (Å²) < 4.78 is 10.6. The molecule has 1 aromatic carbocycles. The maximum absolute atomic E-state index is 11.6. The van der Waals surface area contributed by atoms with Crippen molar-refractivity contribution in [3.05, 3.63) is 33.8 Å². The molecule has 0 radical (unpaired) electrons. The number of β-amino-alcohol motifs (C(OH)–C–C–N with tert-alkyl or cyclic N) is 1. The number of carbonyl (C=O) groups excluding carboxylic acids is 1. The third kappa shape index (κ3) is 4.79. The van der Waals surface area contributed by atoms with Crippen molar-refractivity contribution in [2.24, 2.45) is 0 Å². The molecule has 23 heavy (non-hydrogen) atoms. The second kappa shape index (κ2) is 8.28. The minimum absolute atomic E-state index is 0.0209. The van der Waals surface area contributed by atoms with E-state index < -0.39 is 11.7 Å². The molecule has 1 aromatic rings. The van der Waals surface area contributed by atoms with Crippen molar-refractivity contribution in [2.75, 3.05) is 40.0 Å². The number of amides is 1. The van der Waals surface area contributed by atoms with Gasteiger partial charge >= 0.3 is 0 Å². The number of halogens is 2. The molecule has 1 saturated heterocycles. The van der Waals surface area contributed by atoms with Crippen molar-refractivity contribution < 1.29 is 19.4 Å². The molecule has 1 aliphatic rings. The first-order valence-corrected chi connectivity index (χ1v) is 7.97. The number of aliphatic hydroxyl groups is 1. The number of benzene rings is 1. The van der Waals surface area contributed by atoms with Crippen molar-refractivity contribution in [1.82, 2.24) is 10.6 Å². The monoisotopic (exact) mass is 362 g/mol. The zero-order chi connectivity index (χ0) is 16.9.